The summed E-state index contributed by atoms with van der Waals surface area (Å²) in [5, 5.41) is 10.5. The molecule has 0 bridgehead atoms. The average Bonchev–Trinajstić information content (AvgIpc) is 2.68. The molecule has 1 atom stereocenters. The van der Waals surface area contributed by atoms with Gasteiger partial charge < -0.3 is 11.1 Å². The van der Waals surface area contributed by atoms with Gasteiger partial charge in [-0.25, -0.2) is 0 Å². The second-order valence-corrected chi connectivity index (χ2v) is 6.33. The zero-order chi connectivity index (χ0) is 13.7. The monoisotopic (exact) mass is 288 g/mol. The Bertz CT molecular complexity index is 433. The Kier molecular flexibility index (Phi) is 5.54. The van der Waals surface area contributed by atoms with Crippen LogP contribution in [0.1, 0.15) is 20.8 Å². The summed E-state index contributed by atoms with van der Waals surface area (Å²) in [6.45, 7) is 5.26. The fourth-order valence-corrected chi connectivity index (χ4v) is 2.81. The Labute approximate surface area is 114 Å². The van der Waals surface area contributed by atoms with E-state index in [9.17, 15) is 9.59 Å². The molecular formula is C10H16N4O2S2. The highest BCUT2D eigenvalue weighted by Crippen LogP contribution is 2.23. The Morgan fingerprint density at radius 3 is 2.56 bits per heavy atom. The zero-order valence-corrected chi connectivity index (χ0v) is 12.1. The Morgan fingerprint density at radius 2 is 2.11 bits per heavy atom. The molecule has 100 valence electrons. The van der Waals surface area contributed by atoms with Gasteiger partial charge in [-0.3, -0.25) is 9.59 Å². The summed E-state index contributed by atoms with van der Waals surface area (Å²) >= 11 is 2.49. The van der Waals surface area contributed by atoms with Crippen LogP contribution in [0.3, 0.4) is 0 Å². The second-order valence-electron chi connectivity index (χ2n) is 4.09. The molecule has 1 aromatic heterocycles. The number of ketones is 1. The Morgan fingerprint density at radius 1 is 1.44 bits per heavy atom. The number of rotatable bonds is 6. The first-order valence-corrected chi connectivity index (χ1v) is 7.22. The van der Waals surface area contributed by atoms with Crippen molar-refractivity contribution >= 4 is 39.9 Å². The molecule has 6 nitrogen and oxygen atoms in total. The van der Waals surface area contributed by atoms with Crippen molar-refractivity contribution in [3.8, 4) is 0 Å². The number of anilines is 1. The van der Waals surface area contributed by atoms with Gasteiger partial charge in [0.2, 0.25) is 11.0 Å². The number of carbonyl (C=O) groups is 2. The van der Waals surface area contributed by atoms with E-state index in [4.69, 9.17) is 5.73 Å². The van der Waals surface area contributed by atoms with Crippen LogP contribution >= 0.6 is 23.1 Å². The summed E-state index contributed by atoms with van der Waals surface area (Å²) < 4.78 is 0.645. The Hall–Kier alpha value is -1.15. The molecule has 3 N–H and O–H groups in total. The number of Topliss-reactive ketones (excluding diaryl/α,β-unsaturated/α-hetero) is 1. The zero-order valence-electron chi connectivity index (χ0n) is 10.5. The quantitative estimate of drug-likeness (QED) is 0.756. The van der Waals surface area contributed by atoms with Crippen molar-refractivity contribution in [2.45, 2.75) is 31.2 Å². The predicted octanol–water partition coefficient (Wildman–Crippen LogP) is 0.942. The normalized spacial score (nSPS) is 12.4. The van der Waals surface area contributed by atoms with Gasteiger partial charge in [-0.2, -0.15) is 0 Å². The largest absolute Gasteiger partial charge is 0.374 e. The SMILES string of the molecule is CC(=O)C(NC(=O)CSc1nnc(N)s1)C(C)C. The first kappa shape index (κ1) is 14.9. The fraction of sp³-hybridized carbons (Fsp3) is 0.600. The number of nitrogens with two attached hydrogens (primary N) is 1. The van der Waals surface area contributed by atoms with Gasteiger partial charge in [0.25, 0.3) is 0 Å². The number of nitrogen functional groups attached to an aromatic ring is 1. The number of carbonyl (C=O) groups excluding carboxylic acids is 2. The van der Waals surface area contributed by atoms with Crippen LogP contribution in [-0.4, -0.2) is 33.7 Å². The minimum Gasteiger partial charge on any atom is -0.374 e. The average molecular weight is 288 g/mol. The molecule has 0 fully saturated rings. The number of hydrogen-bond donors (Lipinski definition) is 2. The van der Waals surface area contributed by atoms with Gasteiger partial charge in [0.15, 0.2) is 10.1 Å². The summed E-state index contributed by atoms with van der Waals surface area (Å²) in [6, 6.07) is -0.433. The molecule has 1 rings (SSSR count). The van der Waals surface area contributed by atoms with Gasteiger partial charge in [-0.15, -0.1) is 10.2 Å². The van der Waals surface area contributed by atoms with E-state index in [-0.39, 0.29) is 23.4 Å². The minimum absolute atomic E-state index is 0.0384. The molecule has 1 aromatic rings. The van der Waals surface area contributed by atoms with Crippen LogP contribution in [0.25, 0.3) is 0 Å². The Balaban J connectivity index is 2.43. The lowest BCUT2D eigenvalue weighted by Gasteiger charge is -2.19. The molecule has 8 heteroatoms. The third kappa shape index (κ3) is 4.61. The van der Waals surface area contributed by atoms with Gasteiger partial charge in [-0.1, -0.05) is 36.9 Å². The molecule has 1 unspecified atom stereocenters. The number of amides is 1. The van der Waals surface area contributed by atoms with E-state index in [1.807, 2.05) is 13.8 Å². The van der Waals surface area contributed by atoms with Crippen LogP contribution in [0.5, 0.6) is 0 Å². The molecule has 1 heterocycles. The van der Waals surface area contributed by atoms with Crippen LogP contribution in [0, 0.1) is 5.92 Å². The van der Waals surface area contributed by atoms with E-state index < -0.39 is 6.04 Å². The van der Waals surface area contributed by atoms with Crippen molar-refractivity contribution in [1.82, 2.24) is 15.5 Å². The highest BCUT2D eigenvalue weighted by atomic mass is 32.2. The van der Waals surface area contributed by atoms with Gasteiger partial charge in [0.1, 0.15) is 0 Å². The first-order chi connectivity index (χ1) is 8.40. The third-order valence-corrected chi connectivity index (χ3v) is 4.06. The topological polar surface area (TPSA) is 98.0 Å². The van der Waals surface area contributed by atoms with Gasteiger partial charge >= 0.3 is 0 Å². The smallest absolute Gasteiger partial charge is 0.231 e. The molecule has 18 heavy (non-hydrogen) atoms. The molecule has 0 saturated carbocycles. The number of hydrogen-bond acceptors (Lipinski definition) is 7. The lowest BCUT2D eigenvalue weighted by atomic mass is 10.0. The molecule has 0 spiro atoms. The van der Waals surface area contributed by atoms with E-state index in [1.54, 1.807) is 0 Å². The third-order valence-electron chi connectivity index (χ3n) is 2.17. The van der Waals surface area contributed by atoms with Crippen molar-refractivity contribution in [2.75, 3.05) is 11.5 Å². The number of thioether (sulfide) groups is 1. The molecule has 0 aliphatic rings. The van der Waals surface area contributed by atoms with E-state index in [0.717, 1.165) is 0 Å². The summed E-state index contributed by atoms with van der Waals surface area (Å²) in [7, 11) is 0. The maximum absolute atomic E-state index is 11.7. The number of nitrogens with one attached hydrogen (secondary N) is 1. The molecule has 0 aliphatic heterocycles. The van der Waals surface area contributed by atoms with Crippen LogP contribution < -0.4 is 11.1 Å². The van der Waals surface area contributed by atoms with Gasteiger partial charge in [-0.05, 0) is 12.8 Å². The molecule has 0 aromatic carbocycles. The van der Waals surface area contributed by atoms with Crippen LogP contribution in [-0.2, 0) is 9.59 Å². The summed E-state index contributed by atoms with van der Waals surface area (Å²) in [6.07, 6.45) is 0. The molecule has 0 saturated heterocycles. The van der Waals surface area contributed by atoms with E-state index in [1.165, 1.54) is 30.0 Å². The number of aromatic nitrogens is 2. The fourth-order valence-electron chi connectivity index (χ4n) is 1.36. The summed E-state index contributed by atoms with van der Waals surface area (Å²) in [5.74, 6) is 0.0466. The molecule has 1 amide bonds. The van der Waals surface area contributed by atoms with E-state index >= 15 is 0 Å². The van der Waals surface area contributed by atoms with Gasteiger partial charge in [0.05, 0.1) is 11.8 Å². The maximum Gasteiger partial charge on any atom is 0.231 e. The highest BCUT2D eigenvalue weighted by molar-refractivity contribution is 8.01. The first-order valence-electron chi connectivity index (χ1n) is 5.41. The standard InChI is InChI=1S/C10H16N4O2S2/c1-5(2)8(6(3)15)12-7(16)4-17-10-14-13-9(11)18-10/h5,8H,4H2,1-3H3,(H2,11,13)(H,12,16). The predicted molar refractivity (Wildman–Crippen MR) is 72.5 cm³/mol. The van der Waals surface area contributed by atoms with Gasteiger partial charge in [0, 0.05) is 0 Å². The lowest BCUT2D eigenvalue weighted by Crippen LogP contribution is -2.44. The number of nitrogens with zero attached hydrogens (tertiary/aromatic N) is 2. The molecular weight excluding hydrogens is 272 g/mol. The maximum atomic E-state index is 11.7. The van der Waals surface area contributed by atoms with Crippen molar-refractivity contribution in [3.63, 3.8) is 0 Å². The van der Waals surface area contributed by atoms with Crippen molar-refractivity contribution in [2.24, 2.45) is 5.92 Å². The lowest BCUT2D eigenvalue weighted by molar-refractivity contribution is -0.126. The van der Waals surface area contributed by atoms with Crippen LogP contribution in [0.2, 0.25) is 0 Å². The van der Waals surface area contributed by atoms with Crippen LogP contribution in [0.15, 0.2) is 4.34 Å². The van der Waals surface area contributed by atoms with Crippen molar-refractivity contribution in [1.29, 1.82) is 0 Å². The molecule has 0 aliphatic carbocycles. The van der Waals surface area contributed by atoms with Crippen LogP contribution in [0.4, 0.5) is 5.13 Å². The van der Waals surface area contributed by atoms with E-state index in [0.29, 0.717) is 9.47 Å². The van der Waals surface area contributed by atoms with E-state index in [2.05, 4.69) is 15.5 Å². The second kappa shape index (κ2) is 6.69. The summed E-state index contributed by atoms with van der Waals surface area (Å²) in [4.78, 5) is 23.0. The summed E-state index contributed by atoms with van der Waals surface area (Å²) in [5.41, 5.74) is 5.43. The van der Waals surface area contributed by atoms with Crippen molar-refractivity contribution in [3.05, 3.63) is 0 Å². The minimum atomic E-state index is -0.433. The highest BCUT2D eigenvalue weighted by Gasteiger charge is 2.20. The molecule has 0 radical (unpaired) electrons. The van der Waals surface area contributed by atoms with Crippen molar-refractivity contribution < 1.29 is 9.59 Å².